The summed E-state index contributed by atoms with van der Waals surface area (Å²) in [5.74, 6) is -0.751. The average molecular weight is 402 g/mol. The number of thioether (sulfide) groups is 1. The highest BCUT2D eigenvalue weighted by atomic mass is 32.2. The van der Waals surface area contributed by atoms with Gasteiger partial charge in [-0.3, -0.25) is 4.79 Å². The van der Waals surface area contributed by atoms with E-state index in [2.05, 4.69) is 4.57 Å². The van der Waals surface area contributed by atoms with Crippen LogP contribution in [0.4, 0.5) is 0 Å². The molecule has 6 heteroatoms. The quantitative estimate of drug-likeness (QED) is 0.268. The van der Waals surface area contributed by atoms with Crippen LogP contribution in [0.2, 0.25) is 0 Å². The highest BCUT2D eigenvalue weighted by Gasteiger charge is 2.19. The van der Waals surface area contributed by atoms with Crippen molar-refractivity contribution >= 4 is 29.6 Å². The van der Waals surface area contributed by atoms with E-state index < -0.39 is 5.97 Å². The van der Waals surface area contributed by atoms with Crippen LogP contribution in [0.3, 0.4) is 0 Å². The third-order valence-electron chi connectivity index (χ3n) is 4.51. The van der Waals surface area contributed by atoms with Crippen molar-refractivity contribution in [3.8, 4) is 0 Å². The van der Waals surface area contributed by atoms with Crippen LogP contribution in [0.1, 0.15) is 40.3 Å². The molecule has 0 radical (unpaired) electrons. The van der Waals surface area contributed by atoms with Gasteiger partial charge in [0.25, 0.3) is 0 Å². The van der Waals surface area contributed by atoms with Crippen molar-refractivity contribution in [2.24, 2.45) is 0 Å². The topological polar surface area (TPSA) is 57.5 Å². The van der Waals surface area contributed by atoms with E-state index in [9.17, 15) is 9.59 Å². The van der Waals surface area contributed by atoms with Crippen molar-refractivity contribution in [1.82, 2.24) is 4.57 Å². The zero-order chi connectivity index (χ0) is 20.7. The number of carbonyl (C=O) groups excluding carboxylic acids is 2. The summed E-state index contributed by atoms with van der Waals surface area (Å²) in [5.41, 5.74) is 3.31. The van der Waals surface area contributed by atoms with Gasteiger partial charge in [-0.15, -0.1) is 11.8 Å². The molecule has 0 unspecified atom stereocenters. The van der Waals surface area contributed by atoms with E-state index in [0.29, 0.717) is 12.2 Å². The van der Waals surface area contributed by atoms with Gasteiger partial charge in [-0.1, -0.05) is 12.1 Å². The summed E-state index contributed by atoms with van der Waals surface area (Å²) in [6.07, 6.45) is 5.02. The van der Waals surface area contributed by atoms with Crippen LogP contribution >= 0.6 is 11.8 Å². The smallest absolute Gasteiger partial charge is 0.331 e. The fourth-order valence-electron chi connectivity index (χ4n) is 3.20. The van der Waals surface area contributed by atoms with E-state index >= 15 is 0 Å². The molecule has 0 bridgehead atoms. The third kappa shape index (κ3) is 5.59. The molecule has 0 saturated carbocycles. The number of hydrogen-bond donors (Lipinski definition) is 0. The molecule has 0 N–H and O–H groups in total. The number of hydrogen-bond acceptors (Lipinski definition) is 5. The predicted molar refractivity (Wildman–Crippen MR) is 113 cm³/mol. The SMILES string of the molecule is COC[C@@H](C)n1c(C)cc(C(=O)COC(=O)/C=C/c2ccc(SC)cc2)c1C. The van der Waals surface area contributed by atoms with E-state index in [-0.39, 0.29) is 18.4 Å². The summed E-state index contributed by atoms with van der Waals surface area (Å²) in [6, 6.07) is 9.78. The van der Waals surface area contributed by atoms with Crippen LogP contribution in [-0.4, -0.2) is 42.9 Å². The summed E-state index contributed by atoms with van der Waals surface area (Å²) in [5, 5.41) is 0. The van der Waals surface area contributed by atoms with Crippen LogP contribution in [-0.2, 0) is 14.3 Å². The van der Waals surface area contributed by atoms with Crippen molar-refractivity contribution < 1.29 is 19.1 Å². The summed E-state index contributed by atoms with van der Waals surface area (Å²) < 4.78 is 12.4. The van der Waals surface area contributed by atoms with Gasteiger partial charge in [0, 0.05) is 35.0 Å². The second-order valence-electron chi connectivity index (χ2n) is 6.60. The molecular formula is C22H27NO4S. The largest absolute Gasteiger partial charge is 0.454 e. The number of ketones is 1. The van der Waals surface area contributed by atoms with Gasteiger partial charge in [-0.2, -0.15) is 0 Å². The Hall–Kier alpha value is -2.31. The van der Waals surface area contributed by atoms with Gasteiger partial charge in [-0.25, -0.2) is 4.79 Å². The Kier molecular flexibility index (Phi) is 8.08. The number of benzene rings is 1. The molecular weight excluding hydrogens is 374 g/mol. The zero-order valence-corrected chi connectivity index (χ0v) is 17.8. The Balaban J connectivity index is 1.96. The summed E-state index contributed by atoms with van der Waals surface area (Å²) in [7, 11) is 1.65. The van der Waals surface area contributed by atoms with Gasteiger partial charge in [-0.05, 0) is 56.9 Å². The number of methoxy groups -OCH3 is 1. The van der Waals surface area contributed by atoms with Gasteiger partial charge >= 0.3 is 5.97 Å². The predicted octanol–water partition coefficient (Wildman–Crippen LogP) is 4.47. The lowest BCUT2D eigenvalue weighted by Crippen LogP contribution is -2.16. The van der Waals surface area contributed by atoms with Crippen molar-refractivity contribution in [3.05, 3.63) is 58.9 Å². The molecule has 150 valence electrons. The maximum atomic E-state index is 12.5. The second kappa shape index (κ2) is 10.3. The number of aromatic nitrogens is 1. The highest BCUT2D eigenvalue weighted by molar-refractivity contribution is 7.98. The number of nitrogens with zero attached hydrogens (tertiary/aromatic N) is 1. The molecule has 0 fully saturated rings. The second-order valence-corrected chi connectivity index (χ2v) is 7.48. The number of aryl methyl sites for hydroxylation is 1. The van der Waals surface area contributed by atoms with Crippen LogP contribution < -0.4 is 0 Å². The Morgan fingerprint density at radius 1 is 1.21 bits per heavy atom. The molecule has 5 nitrogen and oxygen atoms in total. The number of ether oxygens (including phenoxy) is 2. The van der Waals surface area contributed by atoms with Crippen molar-refractivity contribution in [2.45, 2.75) is 31.7 Å². The Bertz CT molecular complexity index is 852. The minimum atomic E-state index is -0.538. The molecule has 2 aromatic rings. The number of esters is 1. The first kappa shape index (κ1) is 22.0. The molecule has 0 spiro atoms. The Morgan fingerprint density at radius 3 is 2.50 bits per heavy atom. The summed E-state index contributed by atoms with van der Waals surface area (Å²) >= 11 is 1.66. The molecule has 0 aliphatic carbocycles. The van der Waals surface area contributed by atoms with Crippen LogP contribution in [0.25, 0.3) is 6.08 Å². The summed E-state index contributed by atoms with van der Waals surface area (Å²) in [6.45, 7) is 6.16. The first-order valence-electron chi connectivity index (χ1n) is 9.06. The first-order valence-corrected chi connectivity index (χ1v) is 10.3. The molecule has 1 aromatic carbocycles. The van der Waals surface area contributed by atoms with E-state index in [4.69, 9.17) is 9.47 Å². The fraction of sp³-hybridized carbons (Fsp3) is 0.364. The lowest BCUT2D eigenvalue weighted by molar-refractivity contribution is -0.136. The molecule has 28 heavy (non-hydrogen) atoms. The minimum Gasteiger partial charge on any atom is -0.454 e. The molecule has 2 rings (SSSR count). The van der Waals surface area contributed by atoms with Crippen LogP contribution in [0.5, 0.6) is 0 Å². The maximum Gasteiger partial charge on any atom is 0.331 e. The van der Waals surface area contributed by atoms with Gasteiger partial charge in [0.1, 0.15) is 0 Å². The molecule has 1 atom stereocenters. The standard InChI is InChI=1S/C22H27NO4S/c1-15-12-20(17(3)23(15)16(2)13-26-4)21(24)14-27-22(25)11-8-18-6-9-19(28-5)10-7-18/h6-12,16H,13-14H2,1-5H3/b11-8+/t16-/m1/s1. The Labute approximate surface area is 170 Å². The molecule has 0 aliphatic rings. The Morgan fingerprint density at radius 2 is 1.89 bits per heavy atom. The number of carbonyl (C=O) groups is 2. The monoisotopic (exact) mass is 401 g/mol. The van der Waals surface area contributed by atoms with Gasteiger partial charge in [0.2, 0.25) is 5.78 Å². The van der Waals surface area contributed by atoms with Gasteiger partial charge in [0.15, 0.2) is 6.61 Å². The lowest BCUT2D eigenvalue weighted by Gasteiger charge is -2.17. The third-order valence-corrected chi connectivity index (χ3v) is 5.25. The van der Waals surface area contributed by atoms with E-state index in [1.807, 2.05) is 57.4 Å². The molecule has 0 saturated heterocycles. The lowest BCUT2D eigenvalue weighted by atomic mass is 10.1. The molecule has 0 aliphatic heterocycles. The molecule has 1 aromatic heterocycles. The highest BCUT2D eigenvalue weighted by Crippen LogP contribution is 2.21. The van der Waals surface area contributed by atoms with E-state index in [1.165, 1.54) is 6.08 Å². The van der Waals surface area contributed by atoms with E-state index in [1.54, 1.807) is 24.9 Å². The average Bonchev–Trinajstić information content (AvgIpc) is 2.99. The molecule has 1 heterocycles. The zero-order valence-electron chi connectivity index (χ0n) is 17.0. The molecule has 0 amide bonds. The maximum absolute atomic E-state index is 12.5. The van der Waals surface area contributed by atoms with Crippen molar-refractivity contribution in [2.75, 3.05) is 26.6 Å². The van der Waals surface area contributed by atoms with Crippen molar-refractivity contribution in [3.63, 3.8) is 0 Å². The normalized spacial score (nSPS) is 12.3. The summed E-state index contributed by atoms with van der Waals surface area (Å²) in [4.78, 5) is 25.6. The fourth-order valence-corrected chi connectivity index (χ4v) is 3.60. The van der Waals surface area contributed by atoms with E-state index in [0.717, 1.165) is 21.8 Å². The minimum absolute atomic E-state index is 0.120. The first-order chi connectivity index (χ1) is 13.4. The van der Waals surface area contributed by atoms with Crippen LogP contribution in [0, 0.1) is 13.8 Å². The van der Waals surface area contributed by atoms with Crippen LogP contribution in [0.15, 0.2) is 41.3 Å². The number of Topliss-reactive ketones (excluding diaryl/α,β-unsaturated/α-hetero) is 1. The number of rotatable bonds is 9. The van der Waals surface area contributed by atoms with Gasteiger partial charge in [0.05, 0.1) is 12.6 Å². The van der Waals surface area contributed by atoms with Gasteiger partial charge < -0.3 is 14.0 Å². The van der Waals surface area contributed by atoms with Crippen molar-refractivity contribution in [1.29, 1.82) is 0 Å².